The van der Waals surface area contributed by atoms with Gasteiger partial charge in [-0.3, -0.25) is 0 Å². The largest absolute Gasteiger partial charge is 0.322 e. The van der Waals surface area contributed by atoms with Gasteiger partial charge in [0.15, 0.2) is 0 Å². The molecule has 22 heavy (non-hydrogen) atoms. The fraction of sp³-hybridized carbons (Fsp3) is 0.611. The van der Waals surface area contributed by atoms with Gasteiger partial charge in [-0.05, 0) is 57.3 Å². The molecular formula is C18H27N3O. The molecule has 4 nitrogen and oxygen atoms in total. The Kier molecular flexibility index (Phi) is 5.33. The molecule has 1 unspecified atom stereocenters. The van der Waals surface area contributed by atoms with Crippen LogP contribution in [-0.2, 0) is 0 Å². The second kappa shape index (κ2) is 7.63. The molecule has 120 valence electrons. The third-order valence-electron chi connectivity index (χ3n) is 4.83. The predicted molar refractivity (Wildman–Crippen MR) is 90.1 cm³/mol. The number of nitrogens with zero attached hydrogens (tertiary/aromatic N) is 2. The first-order chi connectivity index (χ1) is 10.8. The Hall–Kier alpha value is -1.55. The molecule has 0 spiro atoms. The van der Waals surface area contributed by atoms with E-state index in [0.29, 0.717) is 6.04 Å². The fourth-order valence-electron chi connectivity index (χ4n) is 3.61. The maximum atomic E-state index is 12.6. The summed E-state index contributed by atoms with van der Waals surface area (Å²) in [5, 5.41) is 3.05. The van der Waals surface area contributed by atoms with Crippen molar-refractivity contribution in [2.24, 2.45) is 0 Å². The van der Waals surface area contributed by atoms with Crippen LogP contribution in [0.3, 0.4) is 0 Å². The molecule has 1 atom stereocenters. The van der Waals surface area contributed by atoms with Crippen LogP contribution in [0.5, 0.6) is 0 Å². The van der Waals surface area contributed by atoms with Crippen molar-refractivity contribution in [1.29, 1.82) is 0 Å². The highest BCUT2D eigenvalue weighted by Gasteiger charge is 2.28. The van der Waals surface area contributed by atoms with Crippen molar-refractivity contribution >= 4 is 11.7 Å². The molecular weight excluding hydrogens is 274 g/mol. The van der Waals surface area contributed by atoms with Crippen LogP contribution in [0, 0.1) is 0 Å². The van der Waals surface area contributed by atoms with Gasteiger partial charge in [-0.1, -0.05) is 24.6 Å². The van der Waals surface area contributed by atoms with Gasteiger partial charge in [0.05, 0.1) is 0 Å². The Balaban J connectivity index is 1.60. The van der Waals surface area contributed by atoms with Crippen LogP contribution in [0.1, 0.15) is 38.5 Å². The summed E-state index contributed by atoms with van der Waals surface area (Å²) in [6.45, 7) is 4.33. The molecule has 2 aliphatic heterocycles. The van der Waals surface area contributed by atoms with Crippen LogP contribution in [0.4, 0.5) is 10.5 Å². The highest BCUT2D eigenvalue weighted by molar-refractivity contribution is 5.89. The van der Waals surface area contributed by atoms with Crippen LogP contribution >= 0.6 is 0 Å². The van der Waals surface area contributed by atoms with E-state index in [1.165, 1.54) is 38.8 Å². The third kappa shape index (κ3) is 4.01. The number of benzene rings is 1. The number of nitrogens with one attached hydrogen (secondary N) is 1. The number of amides is 2. The van der Waals surface area contributed by atoms with Gasteiger partial charge in [0.2, 0.25) is 0 Å². The molecule has 1 aromatic carbocycles. The van der Waals surface area contributed by atoms with Crippen molar-refractivity contribution in [2.45, 2.75) is 44.6 Å². The van der Waals surface area contributed by atoms with E-state index in [4.69, 9.17) is 0 Å². The number of piperidine rings is 2. The number of rotatable bonds is 3. The molecule has 2 saturated heterocycles. The van der Waals surface area contributed by atoms with Gasteiger partial charge < -0.3 is 15.1 Å². The summed E-state index contributed by atoms with van der Waals surface area (Å²) in [5.41, 5.74) is 0.884. The fourth-order valence-corrected chi connectivity index (χ4v) is 3.61. The van der Waals surface area contributed by atoms with Gasteiger partial charge in [-0.25, -0.2) is 4.79 Å². The summed E-state index contributed by atoms with van der Waals surface area (Å²) < 4.78 is 0. The van der Waals surface area contributed by atoms with Crippen LogP contribution in [0.15, 0.2) is 30.3 Å². The Bertz CT molecular complexity index is 470. The number of urea groups is 1. The molecule has 3 rings (SSSR count). The van der Waals surface area contributed by atoms with Crippen LogP contribution < -0.4 is 5.32 Å². The van der Waals surface area contributed by atoms with E-state index in [2.05, 4.69) is 15.1 Å². The van der Waals surface area contributed by atoms with E-state index >= 15 is 0 Å². The summed E-state index contributed by atoms with van der Waals surface area (Å²) in [6.07, 6.45) is 7.48. The standard InChI is InChI=1S/C18H27N3O/c22-18(19-16-9-3-1-4-10-16)21-14-8-5-11-17(21)15-20-12-6-2-7-13-20/h1,3-4,9-10,17H,2,5-8,11-15H2,(H,19,22). The molecule has 1 aromatic rings. The van der Waals surface area contributed by atoms with Gasteiger partial charge >= 0.3 is 6.03 Å². The van der Waals surface area contributed by atoms with Crippen molar-refractivity contribution in [3.63, 3.8) is 0 Å². The summed E-state index contributed by atoms with van der Waals surface area (Å²) in [7, 11) is 0. The zero-order valence-corrected chi connectivity index (χ0v) is 13.3. The summed E-state index contributed by atoms with van der Waals surface area (Å²) in [4.78, 5) is 17.2. The molecule has 0 aliphatic carbocycles. The Labute approximate surface area is 133 Å². The number of hydrogen-bond donors (Lipinski definition) is 1. The van der Waals surface area contributed by atoms with Crippen molar-refractivity contribution in [3.8, 4) is 0 Å². The average molecular weight is 301 g/mol. The maximum absolute atomic E-state index is 12.6. The van der Waals surface area contributed by atoms with E-state index in [9.17, 15) is 4.79 Å². The molecule has 1 N–H and O–H groups in total. The number of likely N-dealkylation sites (tertiary alicyclic amines) is 2. The zero-order valence-electron chi connectivity index (χ0n) is 13.3. The summed E-state index contributed by atoms with van der Waals surface area (Å²) in [5.74, 6) is 0. The van der Waals surface area contributed by atoms with Gasteiger partial charge in [0.1, 0.15) is 0 Å². The lowest BCUT2D eigenvalue weighted by Crippen LogP contribution is -2.51. The number of carbonyl (C=O) groups excluding carboxylic acids is 1. The minimum atomic E-state index is 0.0629. The van der Waals surface area contributed by atoms with Crippen LogP contribution in [0.2, 0.25) is 0 Å². The monoisotopic (exact) mass is 301 g/mol. The van der Waals surface area contributed by atoms with Gasteiger partial charge in [0, 0.05) is 24.8 Å². The third-order valence-corrected chi connectivity index (χ3v) is 4.83. The van der Waals surface area contributed by atoms with Crippen LogP contribution in [-0.4, -0.2) is 48.1 Å². The van der Waals surface area contributed by atoms with E-state index < -0.39 is 0 Å². The van der Waals surface area contributed by atoms with Crippen LogP contribution in [0.25, 0.3) is 0 Å². The SMILES string of the molecule is O=C(Nc1ccccc1)N1CCCCC1CN1CCCCC1. The van der Waals surface area contributed by atoms with E-state index in [-0.39, 0.29) is 6.03 Å². The lowest BCUT2D eigenvalue weighted by molar-refractivity contribution is 0.118. The van der Waals surface area contributed by atoms with Crippen molar-refractivity contribution in [2.75, 3.05) is 31.5 Å². The number of carbonyl (C=O) groups is 1. The number of hydrogen-bond acceptors (Lipinski definition) is 2. The molecule has 0 aromatic heterocycles. The zero-order chi connectivity index (χ0) is 15.2. The first kappa shape index (κ1) is 15.3. The van der Waals surface area contributed by atoms with Crippen molar-refractivity contribution in [1.82, 2.24) is 9.80 Å². The Morgan fingerprint density at radius 3 is 2.50 bits per heavy atom. The van der Waals surface area contributed by atoms with Gasteiger partial charge in [-0.2, -0.15) is 0 Å². The van der Waals surface area contributed by atoms with Gasteiger partial charge in [-0.15, -0.1) is 0 Å². The Morgan fingerprint density at radius 2 is 1.73 bits per heavy atom. The first-order valence-corrected chi connectivity index (χ1v) is 8.68. The average Bonchev–Trinajstić information content (AvgIpc) is 2.57. The van der Waals surface area contributed by atoms with E-state index in [1.807, 2.05) is 30.3 Å². The molecule has 2 fully saturated rings. The lowest BCUT2D eigenvalue weighted by atomic mass is 10.0. The van der Waals surface area contributed by atoms with E-state index in [1.54, 1.807) is 0 Å². The minimum Gasteiger partial charge on any atom is -0.320 e. The number of para-hydroxylation sites is 1. The molecule has 0 radical (unpaired) electrons. The quantitative estimate of drug-likeness (QED) is 0.926. The topological polar surface area (TPSA) is 35.6 Å². The van der Waals surface area contributed by atoms with E-state index in [0.717, 1.165) is 31.6 Å². The predicted octanol–water partition coefficient (Wildman–Crippen LogP) is 3.56. The lowest BCUT2D eigenvalue weighted by Gasteiger charge is -2.39. The summed E-state index contributed by atoms with van der Waals surface area (Å²) >= 11 is 0. The van der Waals surface area contributed by atoms with Crippen molar-refractivity contribution in [3.05, 3.63) is 30.3 Å². The highest BCUT2D eigenvalue weighted by Crippen LogP contribution is 2.21. The highest BCUT2D eigenvalue weighted by atomic mass is 16.2. The molecule has 4 heteroatoms. The number of anilines is 1. The first-order valence-electron chi connectivity index (χ1n) is 8.68. The molecule has 0 saturated carbocycles. The normalized spacial score (nSPS) is 23.3. The second-order valence-corrected chi connectivity index (χ2v) is 6.50. The molecule has 2 heterocycles. The molecule has 0 bridgehead atoms. The smallest absolute Gasteiger partial charge is 0.320 e. The molecule has 2 amide bonds. The second-order valence-electron chi connectivity index (χ2n) is 6.50. The molecule has 2 aliphatic rings. The summed E-state index contributed by atoms with van der Waals surface area (Å²) in [6, 6.07) is 10.2. The Morgan fingerprint density at radius 1 is 1.00 bits per heavy atom. The van der Waals surface area contributed by atoms with Crippen molar-refractivity contribution < 1.29 is 4.79 Å². The van der Waals surface area contributed by atoms with Gasteiger partial charge in [0.25, 0.3) is 0 Å². The minimum absolute atomic E-state index is 0.0629. The maximum Gasteiger partial charge on any atom is 0.322 e.